The summed E-state index contributed by atoms with van der Waals surface area (Å²) in [6.45, 7) is 2.65. The zero-order valence-electron chi connectivity index (χ0n) is 14.6. The van der Waals surface area contributed by atoms with Crippen molar-refractivity contribution in [3.05, 3.63) is 83.9 Å². The summed E-state index contributed by atoms with van der Waals surface area (Å²) in [5.74, 6) is -0.177. The number of benzene rings is 1. The van der Waals surface area contributed by atoms with Gasteiger partial charge in [0.1, 0.15) is 5.69 Å². The van der Waals surface area contributed by atoms with Gasteiger partial charge in [-0.3, -0.25) is 14.8 Å². The summed E-state index contributed by atoms with van der Waals surface area (Å²) in [7, 11) is 0. The van der Waals surface area contributed by atoms with Gasteiger partial charge in [0.15, 0.2) is 0 Å². The summed E-state index contributed by atoms with van der Waals surface area (Å²) in [6, 6.07) is 16.3. The Morgan fingerprint density at radius 3 is 2.81 bits per heavy atom. The molecule has 3 heterocycles. The minimum Gasteiger partial charge on any atom is -0.347 e. The Bertz CT molecular complexity index is 926. The second-order valence-corrected chi connectivity index (χ2v) is 6.49. The quantitative estimate of drug-likeness (QED) is 0.787. The Labute approximate surface area is 152 Å². The maximum Gasteiger partial charge on any atom is 0.270 e. The molecule has 0 radical (unpaired) electrons. The van der Waals surface area contributed by atoms with Gasteiger partial charge in [-0.05, 0) is 54.8 Å². The number of nitrogens with one attached hydrogen (secondary N) is 1. The number of amides is 1. The number of para-hydroxylation sites is 1. The number of aromatic nitrogens is 2. The van der Waals surface area contributed by atoms with Gasteiger partial charge in [0, 0.05) is 42.6 Å². The topological polar surface area (TPSA) is 58.1 Å². The average molecular weight is 344 g/mol. The highest BCUT2D eigenvalue weighted by Gasteiger charge is 2.27. The van der Waals surface area contributed by atoms with Crippen LogP contribution in [0.3, 0.4) is 0 Å². The zero-order chi connectivity index (χ0) is 17.9. The third-order valence-electron chi connectivity index (χ3n) is 4.66. The molecule has 1 N–H and O–H groups in total. The SMILES string of the molecule is CC1Cc2ccccc2N1c1ccnc(C(=O)NCc2ccncc2)c1. The van der Waals surface area contributed by atoms with E-state index in [0.717, 1.165) is 17.7 Å². The van der Waals surface area contributed by atoms with Crippen LogP contribution in [-0.4, -0.2) is 21.9 Å². The van der Waals surface area contributed by atoms with E-state index in [9.17, 15) is 4.79 Å². The molecule has 5 heteroatoms. The van der Waals surface area contributed by atoms with Gasteiger partial charge in [-0.2, -0.15) is 0 Å². The molecule has 0 saturated heterocycles. The Hall–Kier alpha value is -3.21. The van der Waals surface area contributed by atoms with E-state index < -0.39 is 0 Å². The first-order valence-electron chi connectivity index (χ1n) is 8.72. The number of pyridine rings is 2. The molecule has 4 rings (SSSR count). The van der Waals surface area contributed by atoms with Crippen LogP contribution >= 0.6 is 0 Å². The van der Waals surface area contributed by atoms with Crippen LogP contribution in [0.1, 0.15) is 28.5 Å². The third kappa shape index (κ3) is 3.16. The van der Waals surface area contributed by atoms with Crippen LogP contribution in [0, 0.1) is 0 Å². The van der Waals surface area contributed by atoms with E-state index in [1.165, 1.54) is 11.3 Å². The highest BCUT2D eigenvalue weighted by atomic mass is 16.1. The van der Waals surface area contributed by atoms with Gasteiger partial charge in [-0.25, -0.2) is 0 Å². The van der Waals surface area contributed by atoms with Gasteiger partial charge in [0.2, 0.25) is 0 Å². The molecule has 1 amide bonds. The second kappa shape index (κ2) is 6.96. The molecule has 0 bridgehead atoms. The molecule has 0 fully saturated rings. The summed E-state index contributed by atoms with van der Waals surface area (Å²) in [5.41, 5.74) is 4.96. The lowest BCUT2D eigenvalue weighted by Crippen LogP contribution is -2.26. The fourth-order valence-electron chi connectivity index (χ4n) is 3.43. The largest absolute Gasteiger partial charge is 0.347 e. The van der Waals surface area contributed by atoms with E-state index in [-0.39, 0.29) is 5.91 Å². The van der Waals surface area contributed by atoms with Gasteiger partial charge in [0.05, 0.1) is 0 Å². The smallest absolute Gasteiger partial charge is 0.270 e. The Kier molecular flexibility index (Phi) is 4.35. The van der Waals surface area contributed by atoms with Crippen LogP contribution in [0.5, 0.6) is 0 Å². The fraction of sp³-hybridized carbons (Fsp3) is 0.190. The zero-order valence-corrected chi connectivity index (χ0v) is 14.6. The number of hydrogen-bond donors (Lipinski definition) is 1. The number of nitrogens with zero attached hydrogens (tertiary/aromatic N) is 3. The van der Waals surface area contributed by atoms with Crippen LogP contribution in [0.4, 0.5) is 11.4 Å². The minimum atomic E-state index is -0.177. The van der Waals surface area contributed by atoms with Gasteiger partial charge in [-0.1, -0.05) is 18.2 Å². The number of rotatable bonds is 4. The molecule has 2 aromatic heterocycles. The lowest BCUT2D eigenvalue weighted by molar-refractivity contribution is 0.0946. The monoisotopic (exact) mass is 344 g/mol. The van der Waals surface area contributed by atoms with Crippen molar-refractivity contribution in [2.75, 3.05) is 4.90 Å². The predicted octanol–water partition coefficient (Wildman–Crippen LogP) is 3.49. The standard InChI is InChI=1S/C21H20N4O/c1-15-12-17-4-2-3-5-20(17)25(15)18-8-11-23-19(13-18)21(26)24-14-16-6-9-22-10-7-16/h2-11,13,15H,12,14H2,1H3,(H,24,26). The second-order valence-electron chi connectivity index (χ2n) is 6.49. The van der Waals surface area contributed by atoms with Crippen molar-refractivity contribution in [1.29, 1.82) is 0 Å². The fourth-order valence-corrected chi connectivity index (χ4v) is 3.43. The summed E-state index contributed by atoms with van der Waals surface area (Å²) >= 11 is 0. The maximum absolute atomic E-state index is 12.5. The molecule has 3 aromatic rings. The highest BCUT2D eigenvalue weighted by molar-refractivity contribution is 5.93. The van der Waals surface area contributed by atoms with Crippen molar-refractivity contribution in [2.24, 2.45) is 0 Å². The van der Waals surface area contributed by atoms with Gasteiger partial charge < -0.3 is 10.2 Å². The van der Waals surface area contributed by atoms with Crippen molar-refractivity contribution >= 4 is 17.3 Å². The first kappa shape index (κ1) is 16.3. The Morgan fingerprint density at radius 1 is 1.15 bits per heavy atom. The van der Waals surface area contributed by atoms with E-state index in [2.05, 4.69) is 45.3 Å². The molecule has 1 aliphatic rings. The van der Waals surface area contributed by atoms with E-state index in [1.54, 1.807) is 18.6 Å². The molecule has 1 aliphatic heterocycles. The van der Waals surface area contributed by atoms with E-state index in [0.29, 0.717) is 18.3 Å². The molecule has 5 nitrogen and oxygen atoms in total. The van der Waals surface area contributed by atoms with Gasteiger partial charge in [-0.15, -0.1) is 0 Å². The van der Waals surface area contributed by atoms with Crippen molar-refractivity contribution in [3.63, 3.8) is 0 Å². The normalized spacial score (nSPS) is 15.6. The molecule has 0 aliphatic carbocycles. The van der Waals surface area contributed by atoms with E-state index in [1.807, 2.05) is 30.3 Å². The minimum absolute atomic E-state index is 0.177. The van der Waals surface area contributed by atoms with E-state index >= 15 is 0 Å². The van der Waals surface area contributed by atoms with Crippen molar-refractivity contribution in [1.82, 2.24) is 15.3 Å². The van der Waals surface area contributed by atoms with Crippen LogP contribution in [0.2, 0.25) is 0 Å². The summed E-state index contributed by atoms with van der Waals surface area (Å²) in [6.07, 6.45) is 6.13. The molecule has 0 spiro atoms. The number of carbonyl (C=O) groups excluding carboxylic acids is 1. The molecule has 0 saturated carbocycles. The van der Waals surface area contributed by atoms with E-state index in [4.69, 9.17) is 0 Å². The predicted molar refractivity (Wildman–Crippen MR) is 101 cm³/mol. The van der Waals surface area contributed by atoms with Crippen molar-refractivity contribution in [3.8, 4) is 0 Å². The summed E-state index contributed by atoms with van der Waals surface area (Å²) in [5, 5.41) is 2.92. The number of carbonyl (C=O) groups is 1. The molecule has 1 aromatic carbocycles. The molecule has 1 unspecified atom stereocenters. The number of hydrogen-bond acceptors (Lipinski definition) is 4. The highest BCUT2D eigenvalue weighted by Crippen LogP contribution is 2.37. The average Bonchev–Trinajstić information content (AvgIpc) is 3.02. The number of anilines is 2. The summed E-state index contributed by atoms with van der Waals surface area (Å²) < 4.78 is 0. The Morgan fingerprint density at radius 2 is 1.96 bits per heavy atom. The molecular weight excluding hydrogens is 324 g/mol. The van der Waals surface area contributed by atoms with Crippen LogP contribution < -0.4 is 10.2 Å². The first-order valence-corrected chi connectivity index (χ1v) is 8.72. The molecule has 130 valence electrons. The summed E-state index contributed by atoms with van der Waals surface area (Å²) in [4.78, 5) is 23.0. The lowest BCUT2D eigenvalue weighted by Gasteiger charge is -2.25. The Balaban J connectivity index is 1.54. The van der Waals surface area contributed by atoms with Gasteiger partial charge in [0.25, 0.3) is 5.91 Å². The van der Waals surface area contributed by atoms with Crippen LogP contribution in [0.15, 0.2) is 67.1 Å². The van der Waals surface area contributed by atoms with Crippen molar-refractivity contribution in [2.45, 2.75) is 25.9 Å². The van der Waals surface area contributed by atoms with Gasteiger partial charge >= 0.3 is 0 Å². The van der Waals surface area contributed by atoms with Crippen LogP contribution in [0.25, 0.3) is 0 Å². The lowest BCUT2D eigenvalue weighted by atomic mass is 10.1. The maximum atomic E-state index is 12.5. The number of fused-ring (bicyclic) bond motifs is 1. The van der Waals surface area contributed by atoms with Crippen molar-refractivity contribution < 1.29 is 4.79 Å². The van der Waals surface area contributed by atoms with Crippen LogP contribution in [-0.2, 0) is 13.0 Å². The molecule has 1 atom stereocenters. The molecular formula is C21H20N4O. The first-order chi connectivity index (χ1) is 12.7. The third-order valence-corrected chi connectivity index (χ3v) is 4.66. The molecule has 26 heavy (non-hydrogen) atoms.